The number of halogens is 1. The average molecular weight is 489 g/mol. The van der Waals surface area contributed by atoms with Crippen LogP contribution in [0.25, 0.3) is 0 Å². The predicted molar refractivity (Wildman–Crippen MR) is 121 cm³/mol. The van der Waals surface area contributed by atoms with Crippen LogP contribution in [0.4, 0.5) is 0 Å². The third-order valence-corrected chi connectivity index (χ3v) is 5.87. The number of likely N-dealkylation sites (tertiary alicyclic amines) is 1. The first-order chi connectivity index (χ1) is 12.6. The third-order valence-electron chi connectivity index (χ3n) is 5.87. The Morgan fingerprint density at radius 1 is 1.15 bits per heavy atom. The fourth-order valence-electron chi connectivity index (χ4n) is 4.02. The molecule has 0 amide bonds. The van der Waals surface area contributed by atoms with Crippen LogP contribution in [0.1, 0.15) is 62.3 Å². The monoisotopic (exact) mass is 489 g/mol. The lowest BCUT2D eigenvalue weighted by Crippen LogP contribution is -2.46. The summed E-state index contributed by atoms with van der Waals surface area (Å²) in [6.07, 6.45) is 9.05. The smallest absolute Gasteiger partial charge is 0.208 e. The van der Waals surface area contributed by atoms with Crippen LogP contribution in [0.3, 0.4) is 0 Å². The Hall–Kier alpha value is -0.830. The molecule has 0 bridgehead atoms. The lowest BCUT2D eigenvalue weighted by molar-refractivity contribution is 0.164. The summed E-state index contributed by atoms with van der Waals surface area (Å²) >= 11 is 0. The van der Waals surface area contributed by atoms with Gasteiger partial charge in [-0.1, -0.05) is 19.3 Å². The van der Waals surface area contributed by atoms with Crippen LogP contribution in [-0.2, 0) is 6.54 Å². The van der Waals surface area contributed by atoms with Crippen LogP contribution >= 0.6 is 24.0 Å². The standard InChI is InChI=1S/C20H35N5O.HI/c1-15-16(2)26-19(23-15)14-25-11-9-17(10-12-25)13-22-20(21-3)24-18-7-5-4-6-8-18;/h17-18H,4-14H2,1-3H3,(H2,21,22,24);1H. The topological polar surface area (TPSA) is 65.7 Å². The molecule has 2 heterocycles. The number of aliphatic imine (C=N–C) groups is 1. The quantitative estimate of drug-likeness (QED) is 0.376. The Labute approximate surface area is 181 Å². The number of aryl methyl sites for hydroxylation is 2. The van der Waals surface area contributed by atoms with E-state index in [9.17, 15) is 0 Å². The van der Waals surface area contributed by atoms with E-state index < -0.39 is 0 Å². The van der Waals surface area contributed by atoms with Gasteiger partial charge in [-0.15, -0.1) is 24.0 Å². The first-order valence-corrected chi connectivity index (χ1v) is 10.3. The number of hydrogen-bond donors (Lipinski definition) is 2. The van der Waals surface area contributed by atoms with Gasteiger partial charge in [0.1, 0.15) is 5.76 Å². The van der Waals surface area contributed by atoms with E-state index in [1.165, 1.54) is 44.9 Å². The molecule has 1 saturated carbocycles. The van der Waals surface area contributed by atoms with Gasteiger partial charge >= 0.3 is 0 Å². The van der Waals surface area contributed by atoms with E-state index >= 15 is 0 Å². The molecule has 3 rings (SSSR count). The molecule has 154 valence electrons. The van der Waals surface area contributed by atoms with Gasteiger partial charge in [0.05, 0.1) is 12.2 Å². The van der Waals surface area contributed by atoms with Gasteiger partial charge in [-0.25, -0.2) is 4.98 Å². The van der Waals surface area contributed by atoms with E-state index in [0.29, 0.717) is 12.0 Å². The Kier molecular flexibility index (Phi) is 9.35. The first-order valence-electron chi connectivity index (χ1n) is 10.3. The Morgan fingerprint density at radius 2 is 1.85 bits per heavy atom. The van der Waals surface area contributed by atoms with E-state index in [2.05, 4.69) is 25.5 Å². The summed E-state index contributed by atoms with van der Waals surface area (Å²) in [4.78, 5) is 11.4. The molecule has 1 aliphatic carbocycles. The van der Waals surface area contributed by atoms with Gasteiger partial charge in [0, 0.05) is 19.6 Å². The maximum atomic E-state index is 5.72. The Balaban J connectivity index is 0.00000261. The van der Waals surface area contributed by atoms with Gasteiger partial charge in [-0.05, 0) is 58.5 Å². The van der Waals surface area contributed by atoms with Crippen molar-refractivity contribution in [2.75, 3.05) is 26.7 Å². The van der Waals surface area contributed by atoms with Crippen LogP contribution in [0.5, 0.6) is 0 Å². The number of nitrogens with one attached hydrogen (secondary N) is 2. The van der Waals surface area contributed by atoms with Crippen molar-refractivity contribution < 1.29 is 4.42 Å². The summed E-state index contributed by atoms with van der Waals surface area (Å²) in [6.45, 7) is 8.06. The second kappa shape index (κ2) is 11.2. The first kappa shape index (κ1) is 22.5. The van der Waals surface area contributed by atoms with Gasteiger partial charge in [-0.3, -0.25) is 9.89 Å². The summed E-state index contributed by atoms with van der Waals surface area (Å²) in [7, 11) is 1.88. The van der Waals surface area contributed by atoms with Gasteiger partial charge in [0.15, 0.2) is 5.96 Å². The summed E-state index contributed by atoms with van der Waals surface area (Å²) < 4.78 is 5.72. The number of guanidine groups is 1. The molecule has 0 atom stereocenters. The van der Waals surface area contributed by atoms with E-state index in [-0.39, 0.29) is 24.0 Å². The number of oxazole rings is 1. The maximum absolute atomic E-state index is 5.72. The van der Waals surface area contributed by atoms with Crippen LogP contribution in [0.2, 0.25) is 0 Å². The molecule has 1 aliphatic heterocycles. The van der Waals surface area contributed by atoms with E-state index in [1.807, 2.05) is 20.9 Å². The molecule has 27 heavy (non-hydrogen) atoms. The molecule has 0 aromatic carbocycles. The summed E-state index contributed by atoms with van der Waals surface area (Å²) in [5, 5.41) is 7.15. The number of nitrogens with zero attached hydrogens (tertiary/aromatic N) is 3. The minimum atomic E-state index is 0. The highest BCUT2D eigenvalue weighted by molar-refractivity contribution is 14.0. The summed E-state index contributed by atoms with van der Waals surface area (Å²) in [6, 6.07) is 0.601. The number of aromatic nitrogens is 1. The lowest BCUT2D eigenvalue weighted by Gasteiger charge is -2.32. The minimum Gasteiger partial charge on any atom is -0.444 e. The molecule has 0 radical (unpaired) electrons. The molecule has 2 N–H and O–H groups in total. The van der Waals surface area contributed by atoms with Crippen molar-refractivity contribution in [1.82, 2.24) is 20.5 Å². The van der Waals surface area contributed by atoms with Crippen LogP contribution in [0, 0.1) is 19.8 Å². The molecule has 0 spiro atoms. The molecule has 1 saturated heterocycles. The molecule has 7 heteroatoms. The molecule has 2 aliphatic rings. The lowest BCUT2D eigenvalue weighted by atomic mass is 9.95. The van der Waals surface area contributed by atoms with E-state index in [0.717, 1.165) is 49.5 Å². The van der Waals surface area contributed by atoms with Crippen LogP contribution < -0.4 is 10.6 Å². The summed E-state index contributed by atoms with van der Waals surface area (Å²) in [5.41, 5.74) is 1.01. The van der Waals surface area contributed by atoms with Crippen molar-refractivity contribution in [3.8, 4) is 0 Å². The maximum Gasteiger partial charge on any atom is 0.208 e. The van der Waals surface area contributed by atoms with E-state index in [1.54, 1.807) is 0 Å². The molecule has 6 nitrogen and oxygen atoms in total. The van der Waals surface area contributed by atoms with Crippen LogP contribution in [-0.4, -0.2) is 48.6 Å². The molecule has 1 aromatic heterocycles. The molecule has 2 fully saturated rings. The van der Waals surface area contributed by atoms with Crippen molar-refractivity contribution in [2.24, 2.45) is 10.9 Å². The number of hydrogen-bond acceptors (Lipinski definition) is 4. The highest BCUT2D eigenvalue weighted by Gasteiger charge is 2.21. The second-order valence-electron chi connectivity index (χ2n) is 7.90. The van der Waals surface area contributed by atoms with Crippen molar-refractivity contribution in [3.05, 3.63) is 17.3 Å². The number of piperidine rings is 1. The van der Waals surface area contributed by atoms with Crippen molar-refractivity contribution >= 4 is 29.9 Å². The normalized spacial score (nSPS) is 20.3. The highest BCUT2D eigenvalue weighted by atomic mass is 127. The van der Waals surface area contributed by atoms with Crippen LogP contribution in [0.15, 0.2) is 9.41 Å². The third kappa shape index (κ3) is 6.93. The molecular formula is C20H36IN5O. The SMILES string of the molecule is CN=C(NCC1CCN(Cc2nc(C)c(C)o2)CC1)NC1CCCCC1.I. The van der Waals surface area contributed by atoms with Gasteiger partial charge in [-0.2, -0.15) is 0 Å². The van der Waals surface area contributed by atoms with E-state index in [4.69, 9.17) is 4.42 Å². The molecular weight excluding hydrogens is 453 g/mol. The van der Waals surface area contributed by atoms with Crippen molar-refractivity contribution in [2.45, 2.75) is 71.4 Å². The zero-order valence-electron chi connectivity index (χ0n) is 17.1. The second-order valence-corrected chi connectivity index (χ2v) is 7.90. The Morgan fingerprint density at radius 3 is 2.44 bits per heavy atom. The minimum absolute atomic E-state index is 0. The largest absolute Gasteiger partial charge is 0.444 e. The molecule has 0 unspecified atom stereocenters. The number of rotatable bonds is 5. The Bertz CT molecular complexity index is 570. The predicted octanol–water partition coefficient (Wildman–Crippen LogP) is 3.62. The molecule has 1 aromatic rings. The van der Waals surface area contributed by atoms with Gasteiger partial charge in [0.2, 0.25) is 5.89 Å². The van der Waals surface area contributed by atoms with Crippen molar-refractivity contribution in [3.63, 3.8) is 0 Å². The average Bonchev–Trinajstić information content (AvgIpc) is 2.98. The van der Waals surface area contributed by atoms with Crippen molar-refractivity contribution in [1.29, 1.82) is 0 Å². The zero-order chi connectivity index (χ0) is 18.4. The highest BCUT2D eigenvalue weighted by Crippen LogP contribution is 2.20. The zero-order valence-corrected chi connectivity index (χ0v) is 19.4. The fraction of sp³-hybridized carbons (Fsp3) is 0.800. The van der Waals surface area contributed by atoms with Gasteiger partial charge in [0.25, 0.3) is 0 Å². The summed E-state index contributed by atoms with van der Waals surface area (Å²) in [5.74, 6) is 3.49. The van der Waals surface area contributed by atoms with Gasteiger partial charge < -0.3 is 15.1 Å². The fourth-order valence-corrected chi connectivity index (χ4v) is 4.02.